The Labute approximate surface area is 131 Å². The number of aryl methyl sites for hydroxylation is 2. The van der Waals surface area contributed by atoms with E-state index in [2.05, 4.69) is 15.3 Å². The predicted molar refractivity (Wildman–Crippen MR) is 85.6 cm³/mol. The van der Waals surface area contributed by atoms with Gasteiger partial charge in [0.25, 0.3) is 0 Å². The lowest BCUT2D eigenvalue weighted by Crippen LogP contribution is -2.50. The maximum Gasteiger partial charge on any atom is 0.326 e. The largest absolute Gasteiger partial charge is 0.465 e. The number of thioether (sulfide) groups is 1. The lowest BCUT2D eigenvalue weighted by atomic mass is 9.99. The summed E-state index contributed by atoms with van der Waals surface area (Å²) < 4.78 is 5.16. The molecule has 0 aliphatic heterocycles. The van der Waals surface area contributed by atoms with Gasteiger partial charge in [0.15, 0.2) is 5.16 Å². The number of ether oxygens (including phenoxy) is 1. The van der Waals surface area contributed by atoms with Crippen molar-refractivity contribution in [3.63, 3.8) is 0 Å². The van der Waals surface area contributed by atoms with Gasteiger partial charge in [-0.1, -0.05) is 18.7 Å². The zero-order chi connectivity index (χ0) is 15.9. The minimum atomic E-state index is -0.656. The molecule has 1 N–H and O–H groups in total. The van der Waals surface area contributed by atoms with Crippen molar-refractivity contribution in [3.8, 4) is 0 Å². The summed E-state index contributed by atoms with van der Waals surface area (Å²) in [5.41, 5.74) is 1.27. The molecule has 1 rings (SSSR count). The number of esters is 1. The van der Waals surface area contributed by atoms with Crippen LogP contribution in [-0.4, -0.2) is 40.4 Å². The van der Waals surface area contributed by atoms with Gasteiger partial charge in [0.05, 0.1) is 6.61 Å². The molecule has 6 heteroatoms. The number of aromatic nitrogens is 2. The first-order valence-corrected chi connectivity index (χ1v) is 8.27. The molecule has 0 spiro atoms. The number of nitrogens with one attached hydrogen (secondary N) is 1. The zero-order valence-electron chi connectivity index (χ0n) is 13.5. The Balaban J connectivity index is 2.63. The Morgan fingerprint density at radius 1 is 1.33 bits per heavy atom. The number of hydrogen-bond donors (Lipinski definition) is 1. The summed E-state index contributed by atoms with van der Waals surface area (Å²) in [6.07, 6.45) is 0.667. The van der Waals surface area contributed by atoms with E-state index in [1.54, 1.807) is 11.8 Å². The second-order valence-corrected chi connectivity index (χ2v) is 6.18. The van der Waals surface area contributed by atoms with Crippen molar-refractivity contribution < 1.29 is 9.53 Å². The molecular weight excluding hydrogens is 286 g/mol. The smallest absolute Gasteiger partial charge is 0.326 e. The maximum atomic E-state index is 12.1. The molecular formula is C15H25N3O2S. The number of rotatable bonds is 8. The molecule has 5 nitrogen and oxygen atoms in total. The Morgan fingerprint density at radius 2 is 1.95 bits per heavy atom. The fraction of sp³-hybridized carbons (Fsp3) is 0.667. The van der Waals surface area contributed by atoms with Gasteiger partial charge in [0, 0.05) is 17.1 Å². The highest BCUT2D eigenvalue weighted by atomic mass is 32.2. The Hall–Kier alpha value is -1.14. The zero-order valence-corrected chi connectivity index (χ0v) is 14.3. The third-order valence-corrected chi connectivity index (χ3v) is 3.94. The monoisotopic (exact) mass is 311 g/mol. The van der Waals surface area contributed by atoms with Gasteiger partial charge in [0.2, 0.25) is 0 Å². The molecule has 0 saturated heterocycles. The molecule has 0 amide bonds. The van der Waals surface area contributed by atoms with Gasteiger partial charge in [-0.2, -0.15) is 0 Å². The van der Waals surface area contributed by atoms with E-state index < -0.39 is 5.54 Å². The van der Waals surface area contributed by atoms with Gasteiger partial charge in [-0.15, -0.1) is 0 Å². The highest BCUT2D eigenvalue weighted by Crippen LogP contribution is 2.20. The van der Waals surface area contributed by atoms with E-state index in [4.69, 9.17) is 4.74 Å². The van der Waals surface area contributed by atoms with Crippen LogP contribution in [-0.2, 0) is 9.53 Å². The highest BCUT2D eigenvalue weighted by Gasteiger charge is 2.33. The van der Waals surface area contributed by atoms with Crippen LogP contribution in [0.3, 0.4) is 0 Å². The summed E-state index contributed by atoms with van der Waals surface area (Å²) in [5.74, 6) is 0.555. The third-order valence-electron chi connectivity index (χ3n) is 3.09. The lowest BCUT2D eigenvalue weighted by molar-refractivity contribution is -0.150. The van der Waals surface area contributed by atoms with Crippen molar-refractivity contribution in [1.82, 2.24) is 15.3 Å². The van der Waals surface area contributed by atoms with E-state index in [0.717, 1.165) is 28.8 Å². The van der Waals surface area contributed by atoms with Crippen molar-refractivity contribution in [2.75, 3.05) is 18.9 Å². The van der Waals surface area contributed by atoms with Crippen molar-refractivity contribution in [1.29, 1.82) is 0 Å². The van der Waals surface area contributed by atoms with Crippen LogP contribution in [0.2, 0.25) is 0 Å². The molecule has 0 aliphatic rings. The standard InChI is InChI=1S/C15H25N3O2S/c1-6-16-15(5,13(19)20-7-2)8-9-21-14-17-11(3)10-12(4)18-14/h10,16H,6-9H2,1-5H3. The molecule has 0 saturated carbocycles. The van der Waals surface area contributed by atoms with Crippen LogP contribution in [0.4, 0.5) is 0 Å². The Morgan fingerprint density at radius 3 is 2.48 bits per heavy atom. The second kappa shape index (κ2) is 8.34. The molecule has 118 valence electrons. The molecule has 1 unspecified atom stereocenters. The fourth-order valence-electron chi connectivity index (χ4n) is 2.05. The first-order valence-electron chi connectivity index (χ1n) is 7.28. The minimum absolute atomic E-state index is 0.200. The van der Waals surface area contributed by atoms with Crippen molar-refractivity contribution >= 4 is 17.7 Å². The minimum Gasteiger partial charge on any atom is -0.465 e. The lowest BCUT2D eigenvalue weighted by Gasteiger charge is -2.27. The summed E-state index contributed by atoms with van der Waals surface area (Å²) in [5, 5.41) is 3.98. The van der Waals surface area contributed by atoms with Crippen LogP contribution in [0.25, 0.3) is 0 Å². The molecule has 0 aliphatic carbocycles. The van der Waals surface area contributed by atoms with Crippen LogP contribution in [0, 0.1) is 13.8 Å². The van der Waals surface area contributed by atoms with E-state index in [-0.39, 0.29) is 5.97 Å². The Bertz CT molecular complexity index is 462. The van der Waals surface area contributed by atoms with Crippen LogP contribution in [0.1, 0.15) is 38.6 Å². The SMILES string of the molecule is CCNC(C)(CCSc1nc(C)cc(C)n1)C(=O)OCC. The molecule has 1 heterocycles. The summed E-state index contributed by atoms with van der Waals surface area (Å²) in [6.45, 7) is 10.7. The average molecular weight is 311 g/mol. The number of carbonyl (C=O) groups is 1. The van der Waals surface area contributed by atoms with Crippen LogP contribution in [0.15, 0.2) is 11.2 Å². The number of nitrogens with zero attached hydrogens (tertiary/aromatic N) is 2. The first-order chi connectivity index (χ1) is 9.91. The van der Waals surface area contributed by atoms with E-state index in [9.17, 15) is 4.79 Å². The van der Waals surface area contributed by atoms with Gasteiger partial charge >= 0.3 is 5.97 Å². The molecule has 1 atom stereocenters. The predicted octanol–water partition coefficient (Wildman–Crippen LogP) is 2.51. The maximum absolute atomic E-state index is 12.1. The fourth-order valence-corrected chi connectivity index (χ4v) is 3.16. The molecule has 0 bridgehead atoms. The van der Waals surface area contributed by atoms with Crippen molar-refractivity contribution in [3.05, 3.63) is 17.5 Å². The van der Waals surface area contributed by atoms with E-state index in [1.165, 1.54) is 0 Å². The summed E-state index contributed by atoms with van der Waals surface area (Å²) in [4.78, 5) is 20.9. The summed E-state index contributed by atoms with van der Waals surface area (Å²) in [6, 6.07) is 1.95. The summed E-state index contributed by atoms with van der Waals surface area (Å²) in [7, 11) is 0. The van der Waals surface area contributed by atoms with Crippen molar-refractivity contribution in [2.24, 2.45) is 0 Å². The topological polar surface area (TPSA) is 64.1 Å². The van der Waals surface area contributed by atoms with Gasteiger partial charge < -0.3 is 10.1 Å². The number of likely N-dealkylation sites (N-methyl/N-ethyl adjacent to an activating group) is 1. The second-order valence-electron chi connectivity index (χ2n) is 5.11. The molecule has 0 fully saturated rings. The Kier molecular flexibility index (Phi) is 7.11. The van der Waals surface area contributed by atoms with Gasteiger partial charge in [-0.25, -0.2) is 9.97 Å². The average Bonchev–Trinajstić information content (AvgIpc) is 2.38. The third kappa shape index (κ3) is 5.63. The molecule has 1 aromatic rings. The number of carbonyl (C=O) groups excluding carboxylic acids is 1. The number of hydrogen-bond acceptors (Lipinski definition) is 6. The van der Waals surface area contributed by atoms with Gasteiger partial charge in [0.1, 0.15) is 5.54 Å². The van der Waals surface area contributed by atoms with Crippen molar-refractivity contribution in [2.45, 2.75) is 51.7 Å². The van der Waals surface area contributed by atoms with Gasteiger partial charge in [-0.05, 0) is 46.7 Å². The van der Waals surface area contributed by atoms with Crippen LogP contribution >= 0.6 is 11.8 Å². The van der Waals surface area contributed by atoms with Crippen LogP contribution < -0.4 is 5.32 Å². The molecule has 21 heavy (non-hydrogen) atoms. The molecule has 0 aromatic carbocycles. The normalized spacial score (nSPS) is 13.8. The quantitative estimate of drug-likeness (QED) is 0.452. The van der Waals surface area contributed by atoms with Gasteiger partial charge in [-0.3, -0.25) is 4.79 Å². The van der Waals surface area contributed by atoms with E-state index in [1.807, 2.05) is 40.7 Å². The first kappa shape index (κ1) is 17.9. The summed E-state index contributed by atoms with van der Waals surface area (Å²) >= 11 is 1.57. The molecule has 1 aromatic heterocycles. The highest BCUT2D eigenvalue weighted by molar-refractivity contribution is 7.99. The van der Waals surface area contributed by atoms with Crippen LogP contribution in [0.5, 0.6) is 0 Å². The molecule has 0 radical (unpaired) electrons. The van der Waals surface area contributed by atoms with E-state index in [0.29, 0.717) is 13.0 Å². The van der Waals surface area contributed by atoms with E-state index >= 15 is 0 Å².